The molecular formula is C12H25N3O. The largest absolute Gasteiger partial charge is 0.343 e. The zero-order valence-corrected chi connectivity index (χ0v) is 11.0. The van der Waals surface area contributed by atoms with Gasteiger partial charge in [0.15, 0.2) is 0 Å². The molecule has 0 bridgehead atoms. The van der Waals surface area contributed by atoms with Crippen LogP contribution in [-0.2, 0) is 4.79 Å². The summed E-state index contributed by atoms with van der Waals surface area (Å²) < 4.78 is 0. The normalized spacial score (nSPS) is 23.4. The molecule has 0 aromatic rings. The number of nitrogens with zero attached hydrogens (tertiary/aromatic N) is 2. The van der Waals surface area contributed by atoms with Gasteiger partial charge in [-0.05, 0) is 39.9 Å². The molecule has 0 aromatic heterocycles. The van der Waals surface area contributed by atoms with Crippen LogP contribution in [0.25, 0.3) is 0 Å². The first-order valence-corrected chi connectivity index (χ1v) is 6.26. The highest BCUT2D eigenvalue weighted by Crippen LogP contribution is 2.17. The monoisotopic (exact) mass is 227 g/mol. The van der Waals surface area contributed by atoms with E-state index in [1.165, 1.54) is 19.4 Å². The predicted molar refractivity (Wildman–Crippen MR) is 66.4 cm³/mol. The summed E-state index contributed by atoms with van der Waals surface area (Å²) in [6.45, 7) is 7.24. The van der Waals surface area contributed by atoms with Crippen molar-refractivity contribution in [3.63, 3.8) is 0 Å². The van der Waals surface area contributed by atoms with Gasteiger partial charge in [0.05, 0.1) is 6.04 Å². The lowest BCUT2D eigenvalue weighted by Crippen LogP contribution is -2.46. The van der Waals surface area contributed by atoms with E-state index in [-0.39, 0.29) is 11.9 Å². The smallest absolute Gasteiger partial charge is 0.239 e. The molecule has 1 aliphatic rings. The van der Waals surface area contributed by atoms with E-state index in [0.29, 0.717) is 6.04 Å². The summed E-state index contributed by atoms with van der Waals surface area (Å²) in [4.78, 5) is 16.2. The second-order valence-corrected chi connectivity index (χ2v) is 4.65. The Hall–Kier alpha value is -0.610. The van der Waals surface area contributed by atoms with Crippen molar-refractivity contribution in [2.45, 2.75) is 38.8 Å². The number of rotatable bonds is 5. The third-order valence-corrected chi connectivity index (χ3v) is 3.57. The zero-order chi connectivity index (χ0) is 12.1. The second kappa shape index (κ2) is 6.21. The maximum Gasteiger partial charge on any atom is 0.239 e. The van der Waals surface area contributed by atoms with Gasteiger partial charge in [0.25, 0.3) is 0 Å². The van der Waals surface area contributed by atoms with Crippen molar-refractivity contribution < 1.29 is 4.79 Å². The SMILES string of the molecule is CCN1CCCC1CN(C)C(=O)C(C)NC. The lowest BCUT2D eigenvalue weighted by molar-refractivity contribution is -0.132. The van der Waals surface area contributed by atoms with Crippen LogP contribution in [0.1, 0.15) is 26.7 Å². The van der Waals surface area contributed by atoms with Gasteiger partial charge >= 0.3 is 0 Å². The number of likely N-dealkylation sites (N-methyl/N-ethyl adjacent to an activating group) is 3. The zero-order valence-electron chi connectivity index (χ0n) is 11.0. The van der Waals surface area contributed by atoms with E-state index < -0.39 is 0 Å². The molecule has 1 aliphatic heterocycles. The Labute approximate surface area is 99.0 Å². The number of hydrogen-bond acceptors (Lipinski definition) is 3. The molecule has 0 aliphatic carbocycles. The minimum atomic E-state index is -0.0820. The van der Waals surface area contributed by atoms with Gasteiger partial charge in [-0.3, -0.25) is 9.69 Å². The molecule has 1 rings (SSSR count). The Morgan fingerprint density at radius 1 is 1.62 bits per heavy atom. The molecule has 2 atom stereocenters. The van der Waals surface area contributed by atoms with Crippen molar-refractivity contribution >= 4 is 5.91 Å². The molecule has 1 N–H and O–H groups in total. The number of likely N-dealkylation sites (tertiary alicyclic amines) is 1. The van der Waals surface area contributed by atoms with Crippen LogP contribution in [0.4, 0.5) is 0 Å². The van der Waals surface area contributed by atoms with E-state index in [4.69, 9.17) is 0 Å². The highest BCUT2D eigenvalue weighted by molar-refractivity contribution is 5.81. The van der Waals surface area contributed by atoms with Gasteiger partial charge in [-0.2, -0.15) is 0 Å². The third-order valence-electron chi connectivity index (χ3n) is 3.57. The fourth-order valence-corrected chi connectivity index (χ4v) is 2.38. The number of carbonyl (C=O) groups excluding carboxylic acids is 1. The van der Waals surface area contributed by atoms with Gasteiger partial charge in [-0.15, -0.1) is 0 Å². The van der Waals surface area contributed by atoms with Crippen LogP contribution in [0, 0.1) is 0 Å². The van der Waals surface area contributed by atoms with Crippen molar-refractivity contribution in [3.05, 3.63) is 0 Å². The molecular weight excluding hydrogens is 202 g/mol. The molecule has 0 radical (unpaired) electrons. The van der Waals surface area contributed by atoms with Gasteiger partial charge in [-0.25, -0.2) is 0 Å². The molecule has 0 spiro atoms. The van der Waals surface area contributed by atoms with Crippen LogP contribution in [0.3, 0.4) is 0 Å². The Morgan fingerprint density at radius 2 is 2.31 bits per heavy atom. The summed E-state index contributed by atoms with van der Waals surface area (Å²) in [7, 11) is 3.73. The summed E-state index contributed by atoms with van der Waals surface area (Å²) in [6.07, 6.45) is 2.49. The van der Waals surface area contributed by atoms with E-state index in [9.17, 15) is 4.79 Å². The van der Waals surface area contributed by atoms with Crippen LogP contribution in [-0.4, -0.2) is 61.5 Å². The molecule has 0 aromatic carbocycles. The fraction of sp³-hybridized carbons (Fsp3) is 0.917. The Kier molecular flexibility index (Phi) is 5.22. The summed E-state index contributed by atoms with van der Waals surface area (Å²) >= 11 is 0. The predicted octanol–water partition coefficient (Wildman–Crippen LogP) is 0.537. The summed E-state index contributed by atoms with van der Waals surface area (Å²) in [5.41, 5.74) is 0. The van der Waals surface area contributed by atoms with Gasteiger partial charge in [0, 0.05) is 19.6 Å². The first-order chi connectivity index (χ1) is 7.60. The molecule has 16 heavy (non-hydrogen) atoms. The summed E-state index contributed by atoms with van der Waals surface area (Å²) in [5, 5.41) is 2.99. The van der Waals surface area contributed by atoms with Gasteiger partial charge < -0.3 is 10.2 Å². The van der Waals surface area contributed by atoms with Crippen molar-refractivity contribution in [2.75, 3.05) is 33.7 Å². The number of nitrogens with one attached hydrogen (secondary N) is 1. The Balaban J connectivity index is 2.44. The maximum atomic E-state index is 11.9. The lowest BCUT2D eigenvalue weighted by Gasteiger charge is -2.29. The third kappa shape index (κ3) is 3.19. The lowest BCUT2D eigenvalue weighted by atomic mass is 10.2. The van der Waals surface area contributed by atoms with Crippen LogP contribution in [0.15, 0.2) is 0 Å². The molecule has 1 fully saturated rings. The molecule has 1 amide bonds. The van der Waals surface area contributed by atoms with Gasteiger partial charge in [-0.1, -0.05) is 6.92 Å². The quantitative estimate of drug-likeness (QED) is 0.744. The van der Waals surface area contributed by atoms with E-state index in [0.717, 1.165) is 13.1 Å². The molecule has 4 heteroatoms. The van der Waals surface area contributed by atoms with E-state index in [1.807, 2.05) is 25.9 Å². The average molecular weight is 227 g/mol. The number of amides is 1. The molecule has 4 nitrogen and oxygen atoms in total. The first-order valence-electron chi connectivity index (χ1n) is 6.26. The van der Waals surface area contributed by atoms with Gasteiger partial charge in [0.2, 0.25) is 5.91 Å². The molecule has 94 valence electrons. The van der Waals surface area contributed by atoms with Crippen molar-refractivity contribution in [2.24, 2.45) is 0 Å². The molecule has 1 saturated heterocycles. The number of hydrogen-bond donors (Lipinski definition) is 1. The highest BCUT2D eigenvalue weighted by atomic mass is 16.2. The van der Waals surface area contributed by atoms with Crippen LogP contribution in [0.2, 0.25) is 0 Å². The van der Waals surface area contributed by atoms with Gasteiger partial charge in [0.1, 0.15) is 0 Å². The molecule has 0 saturated carbocycles. The summed E-state index contributed by atoms with van der Waals surface area (Å²) in [6, 6.07) is 0.476. The van der Waals surface area contributed by atoms with E-state index >= 15 is 0 Å². The van der Waals surface area contributed by atoms with Crippen LogP contribution in [0.5, 0.6) is 0 Å². The van der Waals surface area contributed by atoms with Crippen LogP contribution >= 0.6 is 0 Å². The second-order valence-electron chi connectivity index (χ2n) is 4.65. The van der Waals surface area contributed by atoms with Crippen molar-refractivity contribution in [1.82, 2.24) is 15.1 Å². The average Bonchev–Trinajstić information content (AvgIpc) is 2.74. The van der Waals surface area contributed by atoms with Crippen LogP contribution < -0.4 is 5.32 Å². The van der Waals surface area contributed by atoms with Crippen molar-refractivity contribution in [1.29, 1.82) is 0 Å². The topological polar surface area (TPSA) is 35.6 Å². The fourth-order valence-electron chi connectivity index (χ4n) is 2.38. The Bertz CT molecular complexity index is 232. The first kappa shape index (κ1) is 13.5. The van der Waals surface area contributed by atoms with E-state index in [1.54, 1.807) is 0 Å². The standard InChI is InChI=1S/C12H25N3O/c1-5-15-8-6-7-11(15)9-14(4)12(16)10(2)13-3/h10-11,13H,5-9H2,1-4H3. The minimum Gasteiger partial charge on any atom is -0.343 e. The Morgan fingerprint density at radius 3 is 2.88 bits per heavy atom. The molecule has 2 unspecified atom stereocenters. The van der Waals surface area contributed by atoms with Crippen molar-refractivity contribution in [3.8, 4) is 0 Å². The van der Waals surface area contributed by atoms with E-state index in [2.05, 4.69) is 17.1 Å². The molecule has 1 heterocycles. The highest BCUT2D eigenvalue weighted by Gasteiger charge is 2.26. The maximum absolute atomic E-state index is 11.9. The summed E-state index contributed by atoms with van der Waals surface area (Å²) in [5.74, 6) is 0.186. The minimum absolute atomic E-state index is 0.0820. The number of carbonyl (C=O) groups is 1.